The molecule has 17 heavy (non-hydrogen) atoms. The van der Waals surface area contributed by atoms with Crippen molar-refractivity contribution >= 4 is 0 Å². The summed E-state index contributed by atoms with van der Waals surface area (Å²) in [5, 5.41) is 9.64. The minimum Gasteiger partial charge on any atom is -0.496 e. The van der Waals surface area contributed by atoms with Gasteiger partial charge in [-0.2, -0.15) is 0 Å². The van der Waals surface area contributed by atoms with E-state index in [-0.39, 0.29) is 11.5 Å². The van der Waals surface area contributed by atoms with Crippen LogP contribution >= 0.6 is 0 Å². The molecule has 1 aromatic carbocycles. The Morgan fingerprint density at radius 3 is 2.59 bits per heavy atom. The van der Waals surface area contributed by atoms with E-state index in [0.29, 0.717) is 6.54 Å². The zero-order valence-electron chi connectivity index (χ0n) is 10.4. The maximum absolute atomic E-state index is 9.64. The van der Waals surface area contributed by atoms with Gasteiger partial charge in [0.1, 0.15) is 5.75 Å². The first kappa shape index (κ1) is 12.4. The first-order valence-corrected chi connectivity index (χ1v) is 6.23. The van der Waals surface area contributed by atoms with Crippen LogP contribution in [0.1, 0.15) is 31.2 Å². The molecule has 94 valence electrons. The third-order valence-corrected chi connectivity index (χ3v) is 3.98. The zero-order valence-corrected chi connectivity index (χ0v) is 10.4. The van der Waals surface area contributed by atoms with E-state index in [1.807, 2.05) is 18.2 Å². The first-order valence-electron chi connectivity index (χ1n) is 6.23. The Bertz CT molecular complexity index is 370. The Morgan fingerprint density at radius 2 is 2.00 bits per heavy atom. The van der Waals surface area contributed by atoms with Crippen molar-refractivity contribution in [3.05, 3.63) is 29.8 Å². The highest BCUT2D eigenvalue weighted by Gasteiger charge is 2.37. The third-order valence-electron chi connectivity index (χ3n) is 3.98. The van der Waals surface area contributed by atoms with E-state index in [9.17, 15) is 5.11 Å². The Labute approximate surface area is 103 Å². The number of hydrogen-bond acceptors (Lipinski definition) is 3. The molecule has 3 nitrogen and oxygen atoms in total. The van der Waals surface area contributed by atoms with E-state index in [0.717, 1.165) is 31.4 Å². The highest BCUT2D eigenvalue weighted by molar-refractivity contribution is 5.40. The van der Waals surface area contributed by atoms with E-state index >= 15 is 0 Å². The van der Waals surface area contributed by atoms with E-state index in [2.05, 4.69) is 6.07 Å². The van der Waals surface area contributed by atoms with Crippen LogP contribution in [0.4, 0.5) is 0 Å². The highest BCUT2D eigenvalue weighted by atomic mass is 16.5. The van der Waals surface area contributed by atoms with Crippen molar-refractivity contribution in [2.75, 3.05) is 13.7 Å². The predicted molar refractivity (Wildman–Crippen MR) is 68.2 cm³/mol. The Hall–Kier alpha value is -1.06. The number of ether oxygens (including phenoxy) is 1. The molecule has 0 bridgehead atoms. The lowest BCUT2D eigenvalue weighted by Gasteiger charge is -2.39. The molecule has 3 heteroatoms. The summed E-state index contributed by atoms with van der Waals surface area (Å²) in [6.07, 6.45) is 3.37. The summed E-state index contributed by atoms with van der Waals surface area (Å²) in [7, 11) is 1.70. The van der Waals surface area contributed by atoms with Gasteiger partial charge in [0.15, 0.2) is 0 Å². The molecule has 1 aromatic rings. The largest absolute Gasteiger partial charge is 0.496 e. The smallest absolute Gasteiger partial charge is 0.122 e. The summed E-state index contributed by atoms with van der Waals surface area (Å²) in [6.45, 7) is 0.611. The quantitative estimate of drug-likeness (QED) is 0.840. The van der Waals surface area contributed by atoms with Crippen LogP contribution in [0.2, 0.25) is 0 Å². The number of methoxy groups -OCH3 is 1. The summed E-state index contributed by atoms with van der Waals surface area (Å²) in [5.74, 6) is 0.911. The van der Waals surface area contributed by atoms with Crippen molar-refractivity contribution in [1.82, 2.24) is 0 Å². The fraction of sp³-hybridized carbons (Fsp3) is 0.571. The predicted octanol–water partition coefficient (Wildman–Crippen LogP) is 1.83. The first-order chi connectivity index (χ1) is 8.22. The fourth-order valence-corrected chi connectivity index (χ4v) is 2.82. The molecule has 0 saturated heterocycles. The van der Waals surface area contributed by atoms with Gasteiger partial charge in [-0.05, 0) is 31.7 Å². The molecule has 3 N–H and O–H groups in total. The lowest BCUT2D eigenvalue weighted by molar-refractivity contribution is 0.0966. The van der Waals surface area contributed by atoms with Crippen LogP contribution in [-0.2, 0) is 5.41 Å². The van der Waals surface area contributed by atoms with Gasteiger partial charge in [0.05, 0.1) is 13.2 Å². The highest BCUT2D eigenvalue weighted by Crippen LogP contribution is 2.42. The molecule has 0 unspecified atom stereocenters. The van der Waals surface area contributed by atoms with Crippen LogP contribution in [-0.4, -0.2) is 24.9 Å². The van der Waals surface area contributed by atoms with Crippen LogP contribution < -0.4 is 10.5 Å². The normalized spacial score (nSPS) is 29.0. The molecule has 1 saturated carbocycles. The molecule has 0 aromatic heterocycles. The average molecular weight is 235 g/mol. The second-order valence-electron chi connectivity index (χ2n) is 4.92. The molecule has 0 spiro atoms. The fourth-order valence-electron chi connectivity index (χ4n) is 2.82. The lowest BCUT2D eigenvalue weighted by Crippen LogP contribution is -2.40. The van der Waals surface area contributed by atoms with Crippen LogP contribution in [0.15, 0.2) is 24.3 Å². The maximum atomic E-state index is 9.64. The molecule has 0 amide bonds. The Kier molecular flexibility index (Phi) is 3.69. The van der Waals surface area contributed by atoms with Gasteiger partial charge < -0.3 is 15.6 Å². The molecule has 1 aliphatic rings. The zero-order chi connectivity index (χ0) is 12.3. The van der Waals surface area contributed by atoms with E-state index in [1.165, 1.54) is 5.56 Å². The topological polar surface area (TPSA) is 55.5 Å². The van der Waals surface area contributed by atoms with Gasteiger partial charge in [-0.15, -0.1) is 0 Å². The number of hydrogen-bond donors (Lipinski definition) is 2. The second-order valence-corrected chi connectivity index (χ2v) is 4.92. The summed E-state index contributed by atoms with van der Waals surface area (Å²) in [4.78, 5) is 0. The molecular weight excluding hydrogens is 214 g/mol. The molecule has 1 aliphatic carbocycles. The third kappa shape index (κ3) is 2.31. The van der Waals surface area contributed by atoms with Crippen molar-refractivity contribution in [1.29, 1.82) is 0 Å². The maximum Gasteiger partial charge on any atom is 0.122 e. The van der Waals surface area contributed by atoms with Crippen molar-refractivity contribution in [2.24, 2.45) is 5.73 Å². The van der Waals surface area contributed by atoms with Crippen LogP contribution in [0.3, 0.4) is 0 Å². The molecule has 0 radical (unpaired) electrons. The minimum absolute atomic E-state index is 0.0220. The van der Waals surface area contributed by atoms with Gasteiger partial charge in [-0.3, -0.25) is 0 Å². The van der Waals surface area contributed by atoms with Gasteiger partial charge in [0.25, 0.3) is 0 Å². The van der Waals surface area contributed by atoms with Crippen LogP contribution in [0.5, 0.6) is 5.75 Å². The second kappa shape index (κ2) is 5.07. The SMILES string of the molecule is COc1ccccc1C1(CN)CCC(O)CC1. The monoisotopic (exact) mass is 235 g/mol. The number of benzene rings is 1. The molecule has 0 aliphatic heterocycles. The minimum atomic E-state index is -0.163. The summed E-state index contributed by atoms with van der Waals surface area (Å²) < 4.78 is 5.43. The molecular formula is C14H21NO2. The van der Waals surface area contributed by atoms with Gasteiger partial charge in [0, 0.05) is 17.5 Å². The molecule has 0 atom stereocenters. The number of rotatable bonds is 3. The standard InChI is InChI=1S/C14H21NO2/c1-17-13-5-3-2-4-12(13)14(10-15)8-6-11(16)7-9-14/h2-5,11,16H,6-10,15H2,1H3. The summed E-state index contributed by atoms with van der Waals surface area (Å²) in [6, 6.07) is 8.09. The number of aliphatic hydroxyl groups excluding tert-OH is 1. The van der Waals surface area contributed by atoms with E-state index in [1.54, 1.807) is 7.11 Å². The molecule has 2 rings (SSSR count). The van der Waals surface area contributed by atoms with Crippen molar-refractivity contribution in [3.63, 3.8) is 0 Å². The van der Waals surface area contributed by atoms with Crippen LogP contribution in [0, 0.1) is 0 Å². The average Bonchev–Trinajstić information content (AvgIpc) is 2.40. The number of para-hydroxylation sites is 1. The lowest BCUT2D eigenvalue weighted by atomic mass is 9.68. The molecule has 1 fully saturated rings. The summed E-state index contributed by atoms with van der Waals surface area (Å²) >= 11 is 0. The van der Waals surface area contributed by atoms with Gasteiger partial charge in [-0.1, -0.05) is 18.2 Å². The summed E-state index contributed by atoms with van der Waals surface area (Å²) in [5.41, 5.74) is 7.17. The number of aliphatic hydroxyl groups is 1. The van der Waals surface area contributed by atoms with Crippen molar-refractivity contribution in [3.8, 4) is 5.75 Å². The van der Waals surface area contributed by atoms with Crippen molar-refractivity contribution < 1.29 is 9.84 Å². The van der Waals surface area contributed by atoms with E-state index < -0.39 is 0 Å². The molecule has 0 heterocycles. The van der Waals surface area contributed by atoms with Crippen LogP contribution in [0.25, 0.3) is 0 Å². The Morgan fingerprint density at radius 1 is 1.35 bits per heavy atom. The van der Waals surface area contributed by atoms with Gasteiger partial charge >= 0.3 is 0 Å². The number of nitrogens with two attached hydrogens (primary N) is 1. The van der Waals surface area contributed by atoms with E-state index in [4.69, 9.17) is 10.5 Å². The van der Waals surface area contributed by atoms with Gasteiger partial charge in [0.2, 0.25) is 0 Å². The van der Waals surface area contributed by atoms with Gasteiger partial charge in [-0.25, -0.2) is 0 Å². The Balaban J connectivity index is 2.34. The van der Waals surface area contributed by atoms with Crippen molar-refractivity contribution in [2.45, 2.75) is 37.2 Å².